The predicted octanol–water partition coefficient (Wildman–Crippen LogP) is 2.05. The van der Waals surface area contributed by atoms with E-state index in [1.54, 1.807) is 42.5 Å². The minimum atomic E-state index is -3.62. The molecular formula is C16H19NO4S. The van der Waals surface area contributed by atoms with Crippen molar-refractivity contribution in [2.45, 2.75) is 11.0 Å². The van der Waals surface area contributed by atoms with Crippen molar-refractivity contribution in [3.63, 3.8) is 0 Å². The van der Waals surface area contributed by atoms with Crippen LogP contribution in [0.15, 0.2) is 59.5 Å². The van der Waals surface area contributed by atoms with E-state index >= 15 is 0 Å². The molecule has 1 atom stereocenters. The Balaban J connectivity index is 2.15. The van der Waals surface area contributed by atoms with Gasteiger partial charge < -0.3 is 9.84 Å². The predicted molar refractivity (Wildman–Crippen MR) is 84.2 cm³/mol. The molecule has 0 heterocycles. The molecule has 0 radical (unpaired) electrons. The Morgan fingerprint density at radius 1 is 1.14 bits per heavy atom. The second-order valence-electron chi connectivity index (χ2n) is 4.89. The highest BCUT2D eigenvalue weighted by molar-refractivity contribution is 7.89. The van der Waals surface area contributed by atoms with Gasteiger partial charge in [0.1, 0.15) is 5.75 Å². The standard InChI is InChI=1S/C16H19NO4S/c1-17(22(19,20)15-9-4-3-5-10-15)12-16(18)13-7-6-8-14(11-13)21-2/h3-11,16,18H,12H2,1-2H3. The molecule has 22 heavy (non-hydrogen) atoms. The lowest BCUT2D eigenvalue weighted by Gasteiger charge is -2.21. The summed E-state index contributed by atoms with van der Waals surface area (Å²) in [5.74, 6) is 0.616. The molecule has 0 aliphatic rings. The van der Waals surface area contributed by atoms with Gasteiger partial charge in [0.2, 0.25) is 10.0 Å². The Morgan fingerprint density at radius 2 is 1.82 bits per heavy atom. The van der Waals surface area contributed by atoms with Crippen molar-refractivity contribution in [2.75, 3.05) is 20.7 Å². The van der Waals surface area contributed by atoms with Crippen molar-refractivity contribution in [1.29, 1.82) is 0 Å². The molecule has 1 unspecified atom stereocenters. The summed E-state index contributed by atoms with van der Waals surface area (Å²) in [6.07, 6.45) is -0.932. The number of nitrogens with zero attached hydrogens (tertiary/aromatic N) is 1. The Morgan fingerprint density at radius 3 is 2.45 bits per heavy atom. The van der Waals surface area contributed by atoms with Crippen LogP contribution in [-0.4, -0.2) is 38.5 Å². The molecule has 0 saturated heterocycles. The number of aliphatic hydroxyl groups excluding tert-OH is 1. The van der Waals surface area contributed by atoms with Crippen LogP contribution in [0.2, 0.25) is 0 Å². The fourth-order valence-electron chi connectivity index (χ4n) is 2.07. The first-order chi connectivity index (χ1) is 10.4. The van der Waals surface area contributed by atoms with E-state index in [-0.39, 0.29) is 11.4 Å². The molecule has 0 fully saturated rings. The minimum Gasteiger partial charge on any atom is -0.497 e. The number of rotatable bonds is 6. The summed E-state index contributed by atoms with van der Waals surface area (Å²) in [5.41, 5.74) is 0.606. The van der Waals surface area contributed by atoms with Gasteiger partial charge in [-0.05, 0) is 29.8 Å². The lowest BCUT2D eigenvalue weighted by molar-refractivity contribution is 0.154. The molecule has 0 bridgehead atoms. The van der Waals surface area contributed by atoms with Crippen LogP contribution in [0, 0.1) is 0 Å². The maximum Gasteiger partial charge on any atom is 0.242 e. The number of aliphatic hydroxyl groups is 1. The quantitative estimate of drug-likeness (QED) is 0.884. The lowest BCUT2D eigenvalue weighted by atomic mass is 10.1. The van der Waals surface area contributed by atoms with E-state index in [9.17, 15) is 13.5 Å². The number of likely N-dealkylation sites (N-methyl/N-ethyl adjacent to an activating group) is 1. The molecule has 0 aromatic heterocycles. The van der Waals surface area contributed by atoms with Gasteiger partial charge in [0.15, 0.2) is 0 Å². The Labute approximate surface area is 130 Å². The summed E-state index contributed by atoms with van der Waals surface area (Å²) in [5, 5.41) is 10.3. The Hall–Kier alpha value is -1.89. The van der Waals surface area contributed by atoms with Gasteiger partial charge in [0.05, 0.1) is 18.1 Å². The third-order valence-electron chi connectivity index (χ3n) is 3.36. The maximum atomic E-state index is 12.4. The summed E-state index contributed by atoms with van der Waals surface area (Å²) in [6, 6.07) is 15.1. The zero-order valence-electron chi connectivity index (χ0n) is 12.5. The first-order valence-electron chi connectivity index (χ1n) is 6.78. The van der Waals surface area contributed by atoms with Gasteiger partial charge in [-0.2, -0.15) is 4.31 Å². The van der Waals surface area contributed by atoms with Gasteiger partial charge in [-0.25, -0.2) is 8.42 Å². The van der Waals surface area contributed by atoms with E-state index in [0.29, 0.717) is 11.3 Å². The normalized spacial score (nSPS) is 13.1. The molecule has 0 spiro atoms. The Kier molecular flexibility index (Phi) is 5.18. The topological polar surface area (TPSA) is 66.8 Å². The second kappa shape index (κ2) is 6.91. The largest absolute Gasteiger partial charge is 0.497 e. The molecule has 0 aliphatic heterocycles. The van der Waals surface area contributed by atoms with Crippen LogP contribution in [0.5, 0.6) is 5.75 Å². The molecule has 2 aromatic rings. The van der Waals surface area contributed by atoms with Crippen LogP contribution in [-0.2, 0) is 10.0 Å². The zero-order valence-corrected chi connectivity index (χ0v) is 13.3. The molecule has 0 aliphatic carbocycles. The van der Waals surface area contributed by atoms with Crippen molar-refractivity contribution in [3.8, 4) is 5.75 Å². The molecule has 1 N–H and O–H groups in total. The highest BCUT2D eigenvalue weighted by atomic mass is 32.2. The highest BCUT2D eigenvalue weighted by Gasteiger charge is 2.23. The summed E-state index contributed by atoms with van der Waals surface area (Å²) in [4.78, 5) is 0.204. The summed E-state index contributed by atoms with van der Waals surface area (Å²) in [6.45, 7) is -0.0373. The molecule has 2 rings (SSSR count). The molecule has 6 heteroatoms. The van der Waals surface area contributed by atoms with Gasteiger partial charge in [0.25, 0.3) is 0 Å². The number of benzene rings is 2. The number of ether oxygens (including phenoxy) is 1. The van der Waals surface area contributed by atoms with Crippen LogP contribution >= 0.6 is 0 Å². The van der Waals surface area contributed by atoms with E-state index in [2.05, 4.69) is 0 Å². The smallest absolute Gasteiger partial charge is 0.242 e. The van der Waals surface area contributed by atoms with E-state index in [1.165, 1.54) is 26.3 Å². The molecule has 2 aromatic carbocycles. The summed E-state index contributed by atoms with van der Waals surface area (Å²) >= 11 is 0. The van der Waals surface area contributed by atoms with Crippen LogP contribution in [0.1, 0.15) is 11.7 Å². The van der Waals surface area contributed by atoms with Gasteiger partial charge in [-0.15, -0.1) is 0 Å². The number of hydrogen-bond acceptors (Lipinski definition) is 4. The van der Waals surface area contributed by atoms with Crippen molar-refractivity contribution in [2.24, 2.45) is 0 Å². The SMILES string of the molecule is COc1cccc(C(O)CN(C)S(=O)(=O)c2ccccc2)c1. The average Bonchev–Trinajstić information content (AvgIpc) is 2.55. The second-order valence-corrected chi connectivity index (χ2v) is 6.94. The first kappa shape index (κ1) is 16.5. The van der Waals surface area contributed by atoms with Crippen LogP contribution in [0.3, 0.4) is 0 Å². The van der Waals surface area contributed by atoms with Gasteiger partial charge in [-0.3, -0.25) is 0 Å². The van der Waals surface area contributed by atoms with Gasteiger partial charge in [-0.1, -0.05) is 30.3 Å². The number of hydrogen-bond donors (Lipinski definition) is 1. The molecule has 118 valence electrons. The van der Waals surface area contributed by atoms with Crippen molar-refractivity contribution in [3.05, 3.63) is 60.2 Å². The molecule has 0 saturated carbocycles. The molecule has 0 amide bonds. The van der Waals surface area contributed by atoms with Crippen LogP contribution in [0.4, 0.5) is 0 Å². The fraction of sp³-hybridized carbons (Fsp3) is 0.250. The van der Waals surface area contributed by atoms with E-state index < -0.39 is 16.1 Å². The highest BCUT2D eigenvalue weighted by Crippen LogP contribution is 2.22. The summed E-state index contributed by atoms with van der Waals surface area (Å²) < 4.78 is 31.1. The fourth-order valence-corrected chi connectivity index (χ4v) is 3.27. The number of sulfonamides is 1. The summed E-state index contributed by atoms with van der Waals surface area (Å²) in [7, 11) is -0.626. The minimum absolute atomic E-state index is 0.0373. The van der Waals surface area contributed by atoms with Crippen molar-refractivity contribution in [1.82, 2.24) is 4.31 Å². The number of methoxy groups -OCH3 is 1. The monoisotopic (exact) mass is 321 g/mol. The Bertz CT molecular complexity index is 716. The maximum absolute atomic E-state index is 12.4. The van der Waals surface area contributed by atoms with Crippen LogP contribution in [0.25, 0.3) is 0 Å². The lowest BCUT2D eigenvalue weighted by Crippen LogP contribution is -2.31. The molecule has 5 nitrogen and oxygen atoms in total. The van der Waals surface area contributed by atoms with Crippen molar-refractivity contribution >= 4 is 10.0 Å². The zero-order chi connectivity index (χ0) is 16.2. The molecular weight excluding hydrogens is 302 g/mol. The first-order valence-corrected chi connectivity index (χ1v) is 8.22. The average molecular weight is 321 g/mol. The third kappa shape index (κ3) is 3.65. The van der Waals surface area contributed by atoms with E-state index in [1.807, 2.05) is 0 Å². The van der Waals surface area contributed by atoms with E-state index in [4.69, 9.17) is 4.74 Å². The van der Waals surface area contributed by atoms with Gasteiger partial charge in [0, 0.05) is 13.6 Å². The van der Waals surface area contributed by atoms with Crippen molar-refractivity contribution < 1.29 is 18.3 Å². The van der Waals surface area contributed by atoms with Gasteiger partial charge >= 0.3 is 0 Å². The van der Waals surface area contributed by atoms with E-state index in [0.717, 1.165) is 4.31 Å². The third-order valence-corrected chi connectivity index (χ3v) is 5.20. The van der Waals surface area contributed by atoms with Crippen LogP contribution < -0.4 is 4.74 Å².